The van der Waals surface area contributed by atoms with Crippen LogP contribution in [0.25, 0.3) is 0 Å². The first-order chi connectivity index (χ1) is 9.08. The molecule has 0 radical (unpaired) electrons. The summed E-state index contributed by atoms with van der Waals surface area (Å²) in [5, 5.41) is 14.8. The molecule has 0 saturated carbocycles. The molecule has 0 bridgehead atoms. The van der Waals surface area contributed by atoms with Gasteiger partial charge in [-0.2, -0.15) is 0 Å². The van der Waals surface area contributed by atoms with Gasteiger partial charge in [0.1, 0.15) is 5.69 Å². The fourth-order valence-electron chi connectivity index (χ4n) is 2.53. The van der Waals surface area contributed by atoms with Crippen LogP contribution in [0.5, 0.6) is 0 Å². The first kappa shape index (κ1) is 14.1. The third kappa shape index (κ3) is 3.58. The molecule has 1 unspecified atom stereocenters. The number of nitrogens with one attached hydrogen (secondary N) is 1. The maximum absolute atomic E-state index is 11.1. The monoisotopic (exact) mass is 283 g/mol. The molecule has 1 saturated heterocycles. The minimum absolute atomic E-state index is 0.0683. The smallest absolute Gasteiger partial charge is 0.294 e. The minimum atomic E-state index is -0.378. The van der Waals surface area contributed by atoms with Gasteiger partial charge in [-0.05, 0) is 44.0 Å². The summed E-state index contributed by atoms with van der Waals surface area (Å²) in [7, 11) is 1.89. The van der Waals surface area contributed by atoms with E-state index in [1.807, 2.05) is 11.9 Å². The number of halogens is 1. The molecule has 1 fully saturated rings. The van der Waals surface area contributed by atoms with Gasteiger partial charge in [-0.15, -0.1) is 0 Å². The van der Waals surface area contributed by atoms with Crippen LogP contribution in [0.4, 0.5) is 11.4 Å². The van der Waals surface area contributed by atoms with Crippen molar-refractivity contribution in [3.8, 4) is 0 Å². The van der Waals surface area contributed by atoms with Crippen LogP contribution in [0.3, 0.4) is 0 Å². The second-order valence-corrected chi connectivity index (χ2v) is 5.42. The second-order valence-electron chi connectivity index (χ2n) is 4.98. The van der Waals surface area contributed by atoms with Crippen molar-refractivity contribution >= 4 is 23.0 Å². The highest BCUT2D eigenvalue weighted by atomic mass is 35.5. The maximum atomic E-state index is 11.1. The Morgan fingerprint density at radius 1 is 1.58 bits per heavy atom. The average Bonchev–Trinajstić information content (AvgIpc) is 2.39. The van der Waals surface area contributed by atoms with Crippen LogP contribution in [-0.2, 0) is 0 Å². The third-order valence-corrected chi connectivity index (χ3v) is 3.71. The molecule has 1 heterocycles. The van der Waals surface area contributed by atoms with Gasteiger partial charge in [-0.25, -0.2) is 0 Å². The number of nitrogens with zero attached hydrogens (tertiary/aromatic N) is 2. The number of hydrogen-bond acceptors (Lipinski definition) is 4. The molecule has 1 aromatic carbocycles. The molecule has 1 N–H and O–H groups in total. The second kappa shape index (κ2) is 6.21. The van der Waals surface area contributed by atoms with Gasteiger partial charge in [0.25, 0.3) is 5.69 Å². The highest BCUT2D eigenvalue weighted by Gasteiger charge is 2.21. The van der Waals surface area contributed by atoms with Crippen molar-refractivity contribution in [2.24, 2.45) is 5.92 Å². The zero-order valence-corrected chi connectivity index (χ0v) is 11.7. The van der Waals surface area contributed by atoms with Crippen LogP contribution in [-0.4, -0.2) is 31.6 Å². The Balaban J connectivity index is 2.13. The number of rotatable bonds is 4. The fraction of sp³-hybridized carbons (Fsp3) is 0.538. The molecule has 6 heteroatoms. The van der Waals surface area contributed by atoms with Crippen LogP contribution < -0.4 is 10.2 Å². The summed E-state index contributed by atoms with van der Waals surface area (Å²) in [5.41, 5.74) is 0.693. The largest absolute Gasteiger partial charge is 0.369 e. The van der Waals surface area contributed by atoms with Crippen molar-refractivity contribution < 1.29 is 4.92 Å². The Morgan fingerprint density at radius 3 is 3.00 bits per heavy atom. The van der Waals surface area contributed by atoms with Crippen LogP contribution in [0.2, 0.25) is 5.02 Å². The van der Waals surface area contributed by atoms with Crippen molar-refractivity contribution in [3.05, 3.63) is 33.3 Å². The Morgan fingerprint density at radius 2 is 2.37 bits per heavy atom. The van der Waals surface area contributed by atoms with E-state index in [0.717, 1.165) is 19.6 Å². The van der Waals surface area contributed by atoms with Crippen molar-refractivity contribution in [2.45, 2.75) is 12.8 Å². The average molecular weight is 284 g/mol. The molecule has 0 aromatic heterocycles. The number of piperidine rings is 1. The maximum Gasteiger partial charge on any atom is 0.294 e. The van der Waals surface area contributed by atoms with Gasteiger partial charge in [0, 0.05) is 24.7 Å². The van der Waals surface area contributed by atoms with Crippen molar-refractivity contribution in [2.75, 3.05) is 31.6 Å². The number of benzene rings is 1. The lowest BCUT2D eigenvalue weighted by Crippen LogP contribution is -2.37. The molecule has 1 aromatic rings. The van der Waals surface area contributed by atoms with E-state index in [4.69, 9.17) is 11.6 Å². The molecule has 0 amide bonds. The molecule has 5 nitrogen and oxygen atoms in total. The Kier molecular flexibility index (Phi) is 4.61. The lowest BCUT2D eigenvalue weighted by molar-refractivity contribution is -0.384. The molecule has 1 atom stereocenters. The molecule has 1 aliphatic rings. The van der Waals surface area contributed by atoms with E-state index in [1.165, 1.54) is 18.9 Å². The van der Waals surface area contributed by atoms with Gasteiger partial charge in [-0.1, -0.05) is 11.6 Å². The topological polar surface area (TPSA) is 58.4 Å². The third-order valence-electron chi connectivity index (χ3n) is 3.48. The van der Waals surface area contributed by atoms with E-state index >= 15 is 0 Å². The van der Waals surface area contributed by atoms with Crippen LogP contribution in [0, 0.1) is 16.0 Å². The van der Waals surface area contributed by atoms with E-state index in [-0.39, 0.29) is 10.6 Å². The van der Waals surface area contributed by atoms with Crippen LogP contribution in [0.15, 0.2) is 18.2 Å². The van der Waals surface area contributed by atoms with E-state index < -0.39 is 0 Å². The summed E-state index contributed by atoms with van der Waals surface area (Å²) in [6.07, 6.45) is 2.33. The van der Waals surface area contributed by atoms with Gasteiger partial charge >= 0.3 is 0 Å². The van der Waals surface area contributed by atoms with Crippen molar-refractivity contribution in [3.63, 3.8) is 0 Å². The predicted molar refractivity (Wildman–Crippen MR) is 77.0 cm³/mol. The molecule has 0 aliphatic carbocycles. The fourth-order valence-corrected chi connectivity index (χ4v) is 2.70. The van der Waals surface area contributed by atoms with Gasteiger partial charge in [0.2, 0.25) is 0 Å². The van der Waals surface area contributed by atoms with Crippen molar-refractivity contribution in [1.82, 2.24) is 5.32 Å². The highest BCUT2D eigenvalue weighted by Crippen LogP contribution is 2.31. The van der Waals surface area contributed by atoms with Gasteiger partial charge < -0.3 is 10.2 Å². The lowest BCUT2D eigenvalue weighted by atomic mass is 9.99. The molecular formula is C13H18ClN3O2. The molecule has 2 rings (SSSR count). The SMILES string of the molecule is CN(CC1CCCNC1)c1ccc(Cl)cc1[N+](=O)[O-]. The van der Waals surface area contributed by atoms with E-state index in [1.54, 1.807) is 12.1 Å². The van der Waals surface area contributed by atoms with E-state index in [2.05, 4.69) is 5.32 Å². The van der Waals surface area contributed by atoms with Gasteiger partial charge in [0.05, 0.1) is 4.92 Å². The molecule has 0 spiro atoms. The summed E-state index contributed by atoms with van der Waals surface area (Å²) < 4.78 is 0. The van der Waals surface area contributed by atoms with Crippen LogP contribution >= 0.6 is 11.6 Å². The number of nitro benzene ring substituents is 1. The summed E-state index contributed by atoms with van der Waals surface area (Å²) in [4.78, 5) is 12.7. The summed E-state index contributed by atoms with van der Waals surface area (Å²) in [6.45, 7) is 2.86. The number of hydrogen-bond donors (Lipinski definition) is 1. The Bertz CT molecular complexity index is 461. The van der Waals surface area contributed by atoms with Gasteiger partial charge in [0.15, 0.2) is 0 Å². The standard InChI is InChI=1S/C13H18ClN3O2/c1-16(9-10-3-2-6-15-8-10)12-5-4-11(14)7-13(12)17(18)19/h4-5,7,10,15H,2-3,6,8-9H2,1H3. The molecule has 1 aliphatic heterocycles. The summed E-state index contributed by atoms with van der Waals surface area (Å²) in [6, 6.07) is 4.82. The number of nitro groups is 1. The zero-order chi connectivity index (χ0) is 13.8. The summed E-state index contributed by atoms with van der Waals surface area (Å²) in [5.74, 6) is 0.536. The zero-order valence-electron chi connectivity index (χ0n) is 10.9. The van der Waals surface area contributed by atoms with E-state index in [9.17, 15) is 10.1 Å². The molecule has 104 valence electrons. The first-order valence-electron chi connectivity index (χ1n) is 6.43. The highest BCUT2D eigenvalue weighted by molar-refractivity contribution is 6.30. The molecule has 19 heavy (non-hydrogen) atoms. The van der Waals surface area contributed by atoms with Crippen LogP contribution in [0.1, 0.15) is 12.8 Å². The van der Waals surface area contributed by atoms with Crippen molar-refractivity contribution in [1.29, 1.82) is 0 Å². The Labute approximate surface area is 117 Å². The molecular weight excluding hydrogens is 266 g/mol. The lowest BCUT2D eigenvalue weighted by Gasteiger charge is -2.28. The van der Waals surface area contributed by atoms with Gasteiger partial charge in [-0.3, -0.25) is 10.1 Å². The minimum Gasteiger partial charge on any atom is -0.369 e. The first-order valence-corrected chi connectivity index (χ1v) is 6.81. The number of anilines is 1. The quantitative estimate of drug-likeness (QED) is 0.682. The predicted octanol–water partition coefficient (Wildman–Crippen LogP) is 2.68. The Hall–Kier alpha value is -1.33. The van der Waals surface area contributed by atoms with E-state index in [0.29, 0.717) is 16.6 Å². The normalized spacial score (nSPS) is 19.2. The summed E-state index contributed by atoms with van der Waals surface area (Å²) >= 11 is 5.82.